The van der Waals surface area contributed by atoms with Crippen molar-refractivity contribution in [3.05, 3.63) is 33.9 Å². The fourth-order valence-corrected chi connectivity index (χ4v) is 3.93. The van der Waals surface area contributed by atoms with Crippen molar-refractivity contribution in [2.75, 3.05) is 50.7 Å². The van der Waals surface area contributed by atoms with Crippen LogP contribution in [0.1, 0.15) is 43.5 Å². The van der Waals surface area contributed by atoms with Gasteiger partial charge in [-0.15, -0.1) is 0 Å². The maximum atomic E-state index is 12.8. The van der Waals surface area contributed by atoms with Gasteiger partial charge in [0.25, 0.3) is 11.6 Å². The summed E-state index contributed by atoms with van der Waals surface area (Å²) in [6, 6.07) is 4.98. The van der Waals surface area contributed by atoms with Gasteiger partial charge in [0.15, 0.2) is 0 Å². The molecule has 2 saturated heterocycles. The zero-order valence-electron chi connectivity index (χ0n) is 17.8. The van der Waals surface area contributed by atoms with Gasteiger partial charge in [-0.05, 0) is 38.3 Å². The van der Waals surface area contributed by atoms with Gasteiger partial charge in [0.1, 0.15) is 5.56 Å². The monoisotopic (exact) mass is 417 g/mol. The molecule has 0 radical (unpaired) electrons. The van der Waals surface area contributed by atoms with Crippen LogP contribution in [0, 0.1) is 10.1 Å². The third-order valence-electron chi connectivity index (χ3n) is 5.92. The van der Waals surface area contributed by atoms with Crippen LogP contribution >= 0.6 is 0 Å². The van der Waals surface area contributed by atoms with Crippen molar-refractivity contribution < 1.29 is 14.5 Å². The van der Waals surface area contributed by atoms with Gasteiger partial charge in [0.05, 0.1) is 11.5 Å². The Balaban J connectivity index is 1.65. The Morgan fingerprint density at radius 1 is 1.13 bits per heavy atom. The average Bonchev–Trinajstić information content (AvgIpc) is 3.28. The maximum Gasteiger partial charge on any atom is 0.282 e. The highest BCUT2D eigenvalue weighted by Crippen LogP contribution is 2.28. The molecule has 1 unspecified atom stereocenters. The zero-order valence-corrected chi connectivity index (χ0v) is 17.8. The van der Waals surface area contributed by atoms with Crippen molar-refractivity contribution in [1.29, 1.82) is 0 Å². The van der Waals surface area contributed by atoms with Crippen LogP contribution in [0.2, 0.25) is 0 Å². The number of rotatable bonds is 7. The number of benzene rings is 1. The molecule has 2 aliphatic rings. The predicted molar refractivity (Wildman–Crippen MR) is 115 cm³/mol. The van der Waals surface area contributed by atoms with Gasteiger partial charge >= 0.3 is 0 Å². The molecular formula is C21H31N5O4. The number of nitro benzene ring substituents is 1. The second-order valence-corrected chi connectivity index (χ2v) is 8.10. The highest BCUT2D eigenvalue weighted by Gasteiger charge is 2.28. The molecule has 9 heteroatoms. The van der Waals surface area contributed by atoms with Crippen LogP contribution in [0.5, 0.6) is 0 Å². The summed E-state index contributed by atoms with van der Waals surface area (Å²) >= 11 is 0. The van der Waals surface area contributed by atoms with E-state index in [1.54, 1.807) is 17.0 Å². The molecule has 1 aromatic carbocycles. The van der Waals surface area contributed by atoms with Crippen molar-refractivity contribution in [2.45, 2.75) is 39.2 Å². The van der Waals surface area contributed by atoms with Gasteiger partial charge in [-0.3, -0.25) is 24.6 Å². The first-order valence-electron chi connectivity index (χ1n) is 10.7. The van der Waals surface area contributed by atoms with Crippen LogP contribution in [0.25, 0.3) is 0 Å². The van der Waals surface area contributed by atoms with Crippen molar-refractivity contribution in [3.8, 4) is 0 Å². The van der Waals surface area contributed by atoms with Crippen molar-refractivity contribution in [2.24, 2.45) is 0 Å². The lowest BCUT2D eigenvalue weighted by molar-refractivity contribution is -0.385. The van der Waals surface area contributed by atoms with Crippen molar-refractivity contribution in [3.63, 3.8) is 0 Å². The number of likely N-dealkylation sites (tertiary alicyclic amines) is 1. The lowest BCUT2D eigenvalue weighted by atomic mass is 10.1. The summed E-state index contributed by atoms with van der Waals surface area (Å²) in [5.41, 5.74) is 0.831. The number of anilines is 1. The number of nitrogens with one attached hydrogen (secondary N) is 1. The lowest BCUT2D eigenvalue weighted by Gasteiger charge is -2.36. The molecule has 0 saturated carbocycles. The van der Waals surface area contributed by atoms with E-state index in [1.165, 1.54) is 6.07 Å². The molecular weight excluding hydrogens is 386 g/mol. The Morgan fingerprint density at radius 3 is 2.40 bits per heavy atom. The Labute approximate surface area is 177 Å². The molecule has 2 fully saturated rings. The van der Waals surface area contributed by atoms with Gasteiger partial charge in [-0.2, -0.15) is 0 Å². The average molecular weight is 418 g/mol. The van der Waals surface area contributed by atoms with E-state index in [0.717, 1.165) is 38.0 Å². The molecule has 0 spiro atoms. The highest BCUT2D eigenvalue weighted by molar-refractivity contribution is 5.99. The Bertz CT molecular complexity index is 786. The van der Waals surface area contributed by atoms with Crippen LogP contribution in [-0.2, 0) is 4.79 Å². The Hall–Kier alpha value is -2.68. The molecule has 1 aromatic rings. The summed E-state index contributed by atoms with van der Waals surface area (Å²) in [4.78, 5) is 41.8. The third-order valence-corrected chi connectivity index (χ3v) is 5.92. The van der Waals surface area contributed by atoms with Crippen LogP contribution in [0.3, 0.4) is 0 Å². The van der Waals surface area contributed by atoms with Crippen LogP contribution in [0.4, 0.5) is 11.4 Å². The minimum absolute atomic E-state index is 0.0339. The smallest absolute Gasteiger partial charge is 0.282 e. The van der Waals surface area contributed by atoms with Crippen LogP contribution in [0.15, 0.2) is 18.2 Å². The van der Waals surface area contributed by atoms with E-state index in [-0.39, 0.29) is 29.1 Å². The van der Waals surface area contributed by atoms with E-state index in [0.29, 0.717) is 32.7 Å². The third kappa shape index (κ3) is 5.27. The molecule has 9 nitrogen and oxygen atoms in total. The molecule has 1 N–H and O–H groups in total. The summed E-state index contributed by atoms with van der Waals surface area (Å²) in [6.07, 6.45) is 2.77. The number of amides is 2. The quantitative estimate of drug-likeness (QED) is 0.537. The van der Waals surface area contributed by atoms with Crippen molar-refractivity contribution >= 4 is 23.2 Å². The number of carbonyl (C=O) groups is 2. The first-order chi connectivity index (χ1) is 14.4. The largest absolute Gasteiger partial charge is 0.369 e. The minimum Gasteiger partial charge on any atom is -0.369 e. The van der Waals surface area contributed by atoms with Gasteiger partial charge in [-0.25, -0.2) is 0 Å². The summed E-state index contributed by atoms with van der Waals surface area (Å²) in [6.45, 7) is 8.55. The SMILES string of the molecule is CCC(C)NC(=O)CN1CCN(c2ccc([N+](=O)[O-])c(C(=O)N3CCCC3)c2)CC1. The first-order valence-corrected chi connectivity index (χ1v) is 10.7. The molecule has 0 aliphatic carbocycles. The van der Waals surface area contributed by atoms with E-state index in [9.17, 15) is 19.7 Å². The summed E-state index contributed by atoms with van der Waals surface area (Å²) < 4.78 is 0. The molecule has 2 aliphatic heterocycles. The lowest BCUT2D eigenvalue weighted by Crippen LogP contribution is -2.50. The molecule has 30 heavy (non-hydrogen) atoms. The fraction of sp³-hybridized carbons (Fsp3) is 0.619. The molecule has 0 aromatic heterocycles. The second kappa shape index (κ2) is 9.88. The highest BCUT2D eigenvalue weighted by atomic mass is 16.6. The number of nitro groups is 1. The number of hydrogen-bond acceptors (Lipinski definition) is 6. The normalized spacial score (nSPS) is 18.3. The summed E-state index contributed by atoms with van der Waals surface area (Å²) in [5, 5.41) is 14.4. The Kier molecular flexibility index (Phi) is 7.25. The van der Waals surface area contributed by atoms with E-state index < -0.39 is 4.92 Å². The first kappa shape index (κ1) is 22.0. The van der Waals surface area contributed by atoms with Crippen LogP contribution in [-0.4, -0.2) is 78.4 Å². The number of carbonyl (C=O) groups excluding carboxylic acids is 2. The van der Waals surface area contributed by atoms with Gasteiger partial charge in [0, 0.05) is 57.1 Å². The molecule has 3 rings (SSSR count). The maximum absolute atomic E-state index is 12.8. The molecule has 2 amide bonds. The number of hydrogen-bond donors (Lipinski definition) is 1. The molecule has 0 bridgehead atoms. The van der Waals surface area contributed by atoms with Gasteiger partial charge in [0.2, 0.25) is 5.91 Å². The molecule has 2 heterocycles. The summed E-state index contributed by atoms with van der Waals surface area (Å²) in [7, 11) is 0. The standard InChI is InChI=1S/C21H31N5O4/c1-3-16(2)22-20(27)15-23-10-12-24(13-11-23)17-6-7-19(26(29)30)18(14-17)21(28)25-8-4-5-9-25/h6-7,14,16H,3-5,8-13,15H2,1-2H3,(H,22,27). The topological polar surface area (TPSA) is 99.0 Å². The van der Waals surface area contributed by atoms with E-state index in [1.807, 2.05) is 13.8 Å². The van der Waals surface area contributed by atoms with E-state index in [4.69, 9.17) is 0 Å². The zero-order chi connectivity index (χ0) is 21.7. The van der Waals surface area contributed by atoms with Crippen molar-refractivity contribution in [1.82, 2.24) is 15.1 Å². The van der Waals surface area contributed by atoms with Gasteiger partial charge in [-0.1, -0.05) is 6.92 Å². The van der Waals surface area contributed by atoms with Crippen LogP contribution < -0.4 is 10.2 Å². The Morgan fingerprint density at radius 2 is 1.80 bits per heavy atom. The second-order valence-electron chi connectivity index (χ2n) is 8.10. The van der Waals surface area contributed by atoms with E-state index >= 15 is 0 Å². The number of nitrogens with zero attached hydrogens (tertiary/aromatic N) is 4. The minimum atomic E-state index is -0.485. The molecule has 1 atom stereocenters. The van der Waals surface area contributed by atoms with Gasteiger partial charge < -0.3 is 15.1 Å². The fourth-order valence-electron chi connectivity index (χ4n) is 3.93. The number of piperazine rings is 1. The molecule has 164 valence electrons. The summed E-state index contributed by atoms with van der Waals surface area (Å²) in [5.74, 6) is -0.229. The van der Waals surface area contributed by atoms with E-state index in [2.05, 4.69) is 15.1 Å². The predicted octanol–water partition coefficient (Wildman–Crippen LogP) is 1.87.